The molecule has 1 fully saturated rings. The van der Waals surface area contributed by atoms with Crippen molar-refractivity contribution in [2.75, 3.05) is 36.5 Å². The van der Waals surface area contributed by atoms with Gasteiger partial charge in [0.25, 0.3) is 11.8 Å². The number of pyridine rings is 1. The van der Waals surface area contributed by atoms with Gasteiger partial charge >= 0.3 is 6.01 Å². The fourth-order valence-electron chi connectivity index (χ4n) is 3.65. The van der Waals surface area contributed by atoms with Crippen LogP contribution in [0.25, 0.3) is 33.3 Å². The maximum atomic E-state index is 13.3. The van der Waals surface area contributed by atoms with Crippen molar-refractivity contribution >= 4 is 38.7 Å². The summed E-state index contributed by atoms with van der Waals surface area (Å²) in [5.74, 6) is 0.206. The molecule has 0 bridgehead atoms. The summed E-state index contributed by atoms with van der Waals surface area (Å²) in [6.45, 7) is 2.76. The summed E-state index contributed by atoms with van der Waals surface area (Å²) in [4.78, 5) is 25.0. The van der Waals surface area contributed by atoms with Crippen molar-refractivity contribution < 1.29 is 18.4 Å². The van der Waals surface area contributed by atoms with Crippen LogP contribution in [0, 0.1) is 0 Å². The van der Waals surface area contributed by atoms with E-state index >= 15 is 0 Å². The number of anilines is 2. The van der Waals surface area contributed by atoms with Gasteiger partial charge in [0.15, 0.2) is 16.5 Å². The third-order valence-electron chi connectivity index (χ3n) is 5.32. The second-order valence-corrected chi connectivity index (χ2v) is 8.49. The van der Waals surface area contributed by atoms with Crippen LogP contribution < -0.4 is 10.2 Å². The minimum Gasteiger partial charge on any atom is -0.459 e. The van der Waals surface area contributed by atoms with Crippen LogP contribution in [0.5, 0.6) is 0 Å². The lowest BCUT2D eigenvalue weighted by Gasteiger charge is -2.25. The molecule has 6 rings (SSSR count). The van der Waals surface area contributed by atoms with Gasteiger partial charge in [-0.1, -0.05) is 46.8 Å². The number of amides is 1. The van der Waals surface area contributed by atoms with Crippen molar-refractivity contribution in [2.24, 2.45) is 0 Å². The van der Waals surface area contributed by atoms with Gasteiger partial charge in [0.05, 0.1) is 35.4 Å². The minimum atomic E-state index is -0.392. The lowest BCUT2D eigenvalue weighted by Crippen LogP contribution is -2.36. The second kappa shape index (κ2) is 8.69. The van der Waals surface area contributed by atoms with E-state index < -0.39 is 5.91 Å². The first-order valence-electron chi connectivity index (χ1n) is 10.6. The predicted molar refractivity (Wildman–Crippen MR) is 126 cm³/mol. The highest BCUT2D eigenvalue weighted by molar-refractivity contribution is 7.22. The Balaban J connectivity index is 1.38. The van der Waals surface area contributed by atoms with E-state index in [1.807, 2.05) is 30.3 Å². The molecule has 1 N–H and O–H groups in total. The van der Waals surface area contributed by atoms with E-state index in [0.29, 0.717) is 40.6 Å². The Morgan fingerprint density at radius 3 is 2.68 bits per heavy atom. The van der Waals surface area contributed by atoms with E-state index in [1.54, 1.807) is 18.2 Å². The molecule has 34 heavy (non-hydrogen) atoms. The number of benzene rings is 1. The molecule has 1 aromatic carbocycles. The van der Waals surface area contributed by atoms with Crippen molar-refractivity contribution in [3.63, 3.8) is 0 Å². The number of nitrogens with zero attached hydrogens (tertiary/aromatic N) is 5. The summed E-state index contributed by atoms with van der Waals surface area (Å²) in [6, 6.07) is 14.8. The van der Waals surface area contributed by atoms with Gasteiger partial charge in [0, 0.05) is 18.7 Å². The number of morpholine rings is 1. The molecule has 0 atom stereocenters. The molecule has 1 aliphatic heterocycles. The summed E-state index contributed by atoms with van der Waals surface area (Å²) < 4.78 is 17.0. The normalized spacial score (nSPS) is 13.9. The van der Waals surface area contributed by atoms with Crippen LogP contribution in [-0.2, 0) is 4.74 Å². The molecule has 0 spiro atoms. The van der Waals surface area contributed by atoms with E-state index in [4.69, 9.17) is 23.5 Å². The van der Waals surface area contributed by atoms with Crippen LogP contribution in [-0.4, -0.2) is 52.4 Å². The number of fused-ring (bicyclic) bond motifs is 1. The third-order valence-corrected chi connectivity index (χ3v) is 6.46. The minimum absolute atomic E-state index is 0.0273. The highest BCUT2D eigenvalue weighted by Gasteiger charge is 2.23. The van der Waals surface area contributed by atoms with Crippen molar-refractivity contribution in [3.8, 4) is 22.9 Å². The number of furan rings is 1. The average molecular weight is 475 g/mol. The first-order chi connectivity index (χ1) is 16.7. The molecule has 11 heteroatoms. The summed E-state index contributed by atoms with van der Waals surface area (Å²) in [7, 11) is 0. The first-order valence-corrected chi connectivity index (χ1v) is 11.4. The molecule has 0 radical (unpaired) electrons. The van der Waals surface area contributed by atoms with Crippen LogP contribution in [0.4, 0.5) is 11.1 Å². The fourth-order valence-corrected chi connectivity index (χ4v) is 4.72. The van der Waals surface area contributed by atoms with Crippen LogP contribution >= 0.6 is 11.3 Å². The topological polar surface area (TPSA) is 119 Å². The number of carbonyl (C=O) groups excluding carboxylic acids is 1. The van der Waals surface area contributed by atoms with E-state index in [1.165, 1.54) is 17.6 Å². The Hall–Kier alpha value is -4.09. The maximum Gasteiger partial charge on any atom is 0.322 e. The number of aromatic nitrogens is 4. The zero-order valence-corrected chi connectivity index (χ0v) is 18.6. The van der Waals surface area contributed by atoms with Gasteiger partial charge in [0.2, 0.25) is 0 Å². The van der Waals surface area contributed by atoms with Crippen LogP contribution in [0.1, 0.15) is 10.4 Å². The Bertz CT molecular complexity index is 1440. The maximum absolute atomic E-state index is 13.3. The summed E-state index contributed by atoms with van der Waals surface area (Å²) in [6.07, 6.45) is 1.51. The Kier molecular flexibility index (Phi) is 5.24. The molecule has 1 saturated heterocycles. The van der Waals surface area contributed by atoms with Gasteiger partial charge in [-0.25, -0.2) is 4.98 Å². The molecule has 0 saturated carbocycles. The van der Waals surface area contributed by atoms with E-state index in [0.717, 1.165) is 23.8 Å². The lowest BCUT2D eigenvalue weighted by atomic mass is 10.1. The fraction of sp³-hybridized carbons (Fsp3) is 0.174. The SMILES string of the molecule is O=C(Nc1nnc(-c2ccco2)o1)c1cc(-c2ccccc2)nc2nc(N3CCOCC3)sc12. The predicted octanol–water partition coefficient (Wildman–Crippen LogP) is 4.09. The van der Waals surface area contributed by atoms with Crippen LogP contribution in [0.3, 0.4) is 0 Å². The quantitative estimate of drug-likeness (QED) is 0.401. The second-order valence-electron chi connectivity index (χ2n) is 7.51. The van der Waals surface area contributed by atoms with Crippen molar-refractivity contribution in [2.45, 2.75) is 0 Å². The molecule has 0 aliphatic carbocycles. The molecule has 10 nitrogen and oxygen atoms in total. The van der Waals surface area contributed by atoms with Gasteiger partial charge in [-0.05, 0) is 18.2 Å². The van der Waals surface area contributed by atoms with Crippen molar-refractivity contribution in [1.29, 1.82) is 0 Å². The number of nitrogens with one attached hydrogen (secondary N) is 1. The van der Waals surface area contributed by atoms with E-state index in [-0.39, 0.29) is 11.9 Å². The Labute approximate surface area is 197 Å². The summed E-state index contributed by atoms with van der Waals surface area (Å²) in [5.41, 5.74) is 2.48. The monoisotopic (exact) mass is 474 g/mol. The molecule has 170 valence electrons. The Morgan fingerprint density at radius 1 is 1.03 bits per heavy atom. The number of hydrogen-bond donors (Lipinski definition) is 1. The Morgan fingerprint density at radius 2 is 1.88 bits per heavy atom. The zero-order chi connectivity index (χ0) is 22.9. The molecule has 5 aromatic rings. The summed E-state index contributed by atoms with van der Waals surface area (Å²) >= 11 is 1.43. The van der Waals surface area contributed by atoms with E-state index in [9.17, 15) is 4.79 Å². The highest BCUT2D eigenvalue weighted by Crippen LogP contribution is 2.34. The van der Waals surface area contributed by atoms with Gasteiger partial charge < -0.3 is 18.5 Å². The number of ether oxygens (including phenoxy) is 1. The largest absolute Gasteiger partial charge is 0.459 e. The number of rotatable bonds is 5. The number of thiazole rings is 1. The highest BCUT2D eigenvalue weighted by atomic mass is 32.1. The van der Waals surface area contributed by atoms with Gasteiger partial charge in [-0.2, -0.15) is 4.98 Å². The van der Waals surface area contributed by atoms with E-state index in [2.05, 4.69) is 20.4 Å². The van der Waals surface area contributed by atoms with Crippen LogP contribution in [0.2, 0.25) is 0 Å². The van der Waals surface area contributed by atoms with Gasteiger partial charge in [0.1, 0.15) is 0 Å². The molecule has 1 amide bonds. The number of carbonyl (C=O) groups is 1. The van der Waals surface area contributed by atoms with Crippen LogP contribution in [0.15, 0.2) is 63.6 Å². The lowest BCUT2D eigenvalue weighted by molar-refractivity contribution is 0.102. The molecular weight excluding hydrogens is 456 g/mol. The standard InChI is InChI=1S/C23H18N6O4S/c30-20(26-22-28-27-21(33-22)17-7-4-10-32-17)15-13-16(14-5-2-1-3-6-14)24-19-18(15)34-23(25-19)29-8-11-31-12-9-29/h1-7,10,13H,8-9,11-12H2,(H,26,28,30). The zero-order valence-electron chi connectivity index (χ0n) is 17.8. The van der Waals surface area contributed by atoms with Gasteiger partial charge in [-0.15, -0.1) is 5.10 Å². The van der Waals surface area contributed by atoms with Crippen molar-refractivity contribution in [3.05, 3.63) is 60.4 Å². The third kappa shape index (κ3) is 3.91. The summed E-state index contributed by atoms with van der Waals surface area (Å²) in [5, 5.41) is 11.4. The average Bonchev–Trinajstić information content (AvgIpc) is 3.65. The molecule has 5 heterocycles. The molecule has 0 unspecified atom stereocenters. The van der Waals surface area contributed by atoms with Gasteiger partial charge in [-0.3, -0.25) is 10.1 Å². The first kappa shape index (κ1) is 20.5. The molecular formula is C23H18N6O4S. The number of hydrogen-bond acceptors (Lipinski definition) is 10. The molecule has 4 aromatic heterocycles. The smallest absolute Gasteiger partial charge is 0.322 e. The van der Waals surface area contributed by atoms with Crippen molar-refractivity contribution in [1.82, 2.24) is 20.2 Å². The molecule has 1 aliphatic rings.